The maximum Gasteiger partial charge on any atom is 0.0553 e. The first-order valence-corrected chi connectivity index (χ1v) is 24.1. The first kappa shape index (κ1) is 41.8. The summed E-state index contributed by atoms with van der Waals surface area (Å²) in [4.78, 5) is 10.5. The van der Waals surface area contributed by atoms with Gasteiger partial charge >= 0.3 is 0 Å². The Morgan fingerprint density at radius 1 is 0.417 bits per heavy atom. The van der Waals surface area contributed by atoms with Crippen LogP contribution in [0.25, 0.3) is 35.4 Å². The number of fused-ring (bicyclic) bond motifs is 4. The highest BCUT2D eigenvalue weighted by Crippen LogP contribution is 2.50. The number of anilines is 4. The number of rotatable bonds is 17. The summed E-state index contributed by atoms with van der Waals surface area (Å²) < 4.78 is 0. The van der Waals surface area contributed by atoms with E-state index in [4.69, 9.17) is 0 Å². The van der Waals surface area contributed by atoms with E-state index in [1.54, 1.807) is 0 Å². The van der Waals surface area contributed by atoms with Crippen LogP contribution < -0.4 is 9.80 Å². The van der Waals surface area contributed by atoms with Crippen LogP contribution in [-0.2, 0) is 0 Å². The Balaban J connectivity index is 0.917. The second kappa shape index (κ2) is 20.1. The average Bonchev–Trinajstić information content (AvgIpc) is 3.29. The molecule has 6 aromatic carbocycles. The summed E-state index contributed by atoms with van der Waals surface area (Å²) in [5, 5.41) is 0. The standard InChI is InChI=1S/C56H60N2S2/c1-5-9-15-41(7-3)39-57-49-17-11-13-19-53(49)59-55-37-45(29-35-51(55)57)23-21-43-25-31-47(32-26-43)48-33-27-44(28-34-48)22-24-46-30-36-52-56(38-46)60-54-20-14-12-18-50(54)58(52)40-42(8-4)16-10-6-2/h11-14,17-38,41-42H,5-10,15-16,39-40H2,1-4H3/b23-21+,24-22+. The van der Waals surface area contributed by atoms with Crippen molar-refractivity contribution in [2.75, 3.05) is 22.9 Å². The van der Waals surface area contributed by atoms with Crippen molar-refractivity contribution in [1.29, 1.82) is 0 Å². The van der Waals surface area contributed by atoms with Crippen LogP contribution >= 0.6 is 23.5 Å². The molecule has 60 heavy (non-hydrogen) atoms. The van der Waals surface area contributed by atoms with E-state index in [0.717, 1.165) is 13.1 Å². The van der Waals surface area contributed by atoms with Gasteiger partial charge in [0.05, 0.1) is 22.7 Å². The van der Waals surface area contributed by atoms with Gasteiger partial charge in [-0.1, -0.05) is 199 Å². The van der Waals surface area contributed by atoms with E-state index in [2.05, 4.69) is 195 Å². The average molecular weight is 825 g/mol. The number of benzene rings is 6. The number of unbranched alkanes of at least 4 members (excludes halogenated alkanes) is 2. The van der Waals surface area contributed by atoms with Gasteiger partial charge in [0, 0.05) is 32.7 Å². The minimum Gasteiger partial charge on any atom is -0.339 e. The first-order chi connectivity index (χ1) is 29.5. The predicted molar refractivity (Wildman–Crippen MR) is 264 cm³/mol. The van der Waals surface area contributed by atoms with Crippen LogP contribution in [0.15, 0.2) is 153 Å². The lowest BCUT2D eigenvalue weighted by Gasteiger charge is -2.35. The minimum atomic E-state index is 0.696. The topological polar surface area (TPSA) is 6.48 Å². The molecule has 2 unspecified atom stereocenters. The van der Waals surface area contributed by atoms with E-state index in [9.17, 15) is 0 Å². The molecule has 0 amide bonds. The van der Waals surface area contributed by atoms with Crippen molar-refractivity contribution < 1.29 is 0 Å². The fraction of sp³-hybridized carbons (Fsp3) is 0.286. The van der Waals surface area contributed by atoms with Crippen LogP contribution in [0.1, 0.15) is 101 Å². The molecule has 0 saturated heterocycles. The minimum absolute atomic E-state index is 0.696. The largest absolute Gasteiger partial charge is 0.339 e. The van der Waals surface area contributed by atoms with Crippen LogP contribution in [-0.4, -0.2) is 13.1 Å². The lowest BCUT2D eigenvalue weighted by atomic mass is 9.98. The summed E-state index contributed by atoms with van der Waals surface area (Å²) in [5.74, 6) is 1.39. The molecule has 0 fully saturated rings. The SMILES string of the molecule is CCCCC(CC)CN1c2ccccc2Sc2cc(/C=C/c3ccc(-c4ccc(/C=C/c5ccc6c(c5)Sc5ccccc5N6CC(CC)CCCC)cc4)cc3)ccc21. The maximum atomic E-state index is 2.58. The summed E-state index contributed by atoms with van der Waals surface area (Å²) in [6, 6.07) is 49.7. The monoisotopic (exact) mass is 824 g/mol. The van der Waals surface area contributed by atoms with E-state index in [1.807, 2.05) is 23.5 Å². The zero-order valence-electron chi connectivity index (χ0n) is 35.9. The van der Waals surface area contributed by atoms with Crippen molar-refractivity contribution in [2.24, 2.45) is 11.8 Å². The zero-order chi connectivity index (χ0) is 41.3. The fourth-order valence-corrected chi connectivity index (χ4v) is 10.9. The predicted octanol–water partition coefficient (Wildman–Crippen LogP) is 17.3. The van der Waals surface area contributed by atoms with Crippen LogP contribution in [0.3, 0.4) is 0 Å². The molecule has 2 heterocycles. The van der Waals surface area contributed by atoms with Gasteiger partial charge in [-0.25, -0.2) is 0 Å². The summed E-state index contributed by atoms with van der Waals surface area (Å²) in [7, 11) is 0. The third kappa shape index (κ3) is 9.83. The quantitative estimate of drug-likeness (QED) is 0.0845. The molecule has 0 aromatic heterocycles. The van der Waals surface area contributed by atoms with E-state index in [-0.39, 0.29) is 0 Å². The van der Waals surface area contributed by atoms with Crippen molar-refractivity contribution in [3.05, 3.63) is 156 Å². The van der Waals surface area contributed by atoms with Crippen molar-refractivity contribution in [2.45, 2.75) is 98.6 Å². The molecule has 6 aromatic rings. The Labute approximate surface area is 368 Å². The maximum absolute atomic E-state index is 2.58. The molecule has 2 aliphatic heterocycles. The molecule has 306 valence electrons. The highest BCUT2D eigenvalue weighted by Gasteiger charge is 2.27. The molecule has 0 saturated carbocycles. The highest BCUT2D eigenvalue weighted by atomic mass is 32.2. The lowest BCUT2D eigenvalue weighted by Crippen LogP contribution is -2.27. The van der Waals surface area contributed by atoms with Crippen molar-refractivity contribution >= 4 is 70.6 Å². The molecule has 0 bridgehead atoms. The molecule has 2 atom stereocenters. The van der Waals surface area contributed by atoms with E-state index in [0.29, 0.717) is 11.8 Å². The lowest BCUT2D eigenvalue weighted by molar-refractivity contribution is 0.457. The van der Waals surface area contributed by atoms with Crippen molar-refractivity contribution in [3.63, 3.8) is 0 Å². The zero-order valence-corrected chi connectivity index (χ0v) is 37.6. The molecular formula is C56H60N2S2. The van der Waals surface area contributed by atoms with Crippen molar-refractivity contribution in [1.82, 2.24) is 0 Å². The summed E-state index contributed by atoms with van der Waals surface area (Å²) >= 11 is 3.80. The van der Waals surface area contributed by atoms with Gasteiger partial charge in [-0.15, -0.1) is 0 Å². The molecule has 0 aliphatic carbocycles. The van der Waals surface area contributed by atoms with Crippen LogP contribution in [0.4, 0.5) is 22.7 Å². The fourth-order valence-electron chi connectivity index (χ4n) is 8.61. The normalized spacial score (nSPS) is 14.2. The van der Waals surface area contributed by atoms with Gasteiger partial charge in [0.25, 0.3) is 0 Å². The van der Waals surface area contributed by atoms with Gasteiger partial charge in [-0.05, 0) is 107 Å². The molecular weight excluding hydrogens is 765 g/mol. The summed E-state index contributed by atoms with van der Waals surface area (Å²) in [5.41, 5.74) is 12.7. The Bertz CT molecular complexity index is 2240. The van der Waals surface area contributed by atoms with E-state index in [1.165, 1.54) is 127 Å². The van der Waals surface area contributed by atoms with E-state index < -0.39 is 0 Å². The third-order valence-corrected chi connectivity index (χ3v) is 14.6. The molecule has 2 nitrogen and oxygen atoms in total. The number of para-hydroxylation sites is 2. The summed E-state index contributed by atoms with van der Waals surface area (Å²) in [6.07, 6.45) is 19.1. The second-order valence-corrected chi connectivity index (χ2v) is 18.7. The second-order valence-electron chi connectivity index (χ2n) is 16.6. The van der Waals surface area contributed by atoms with Crippen LogP contribution in [0.2, 0.25) is 0 Å². The van der Waals surface area contributed by atoms with E-state index >= 15 is 0 Å². The first-order valence-electron chi connectivity index (χ1n) is 22.5. The smallest absolute Gasteiger partial charge is 0.0553 e. The Morgan fingerprint density at radius 2 is 0.783 bits per heavy atom. The Hall–Kier alpha value is -4.90. The van der Waals surface area contributed by atoms with Gasteiger partial charge < -0.3 is 9.80 Å². The third-order valence-electron chi connectivity index (χ3n) is 12.4. The van der Waals surface area contributed by atoms with Gasteiger partial charge in [-0.2, -0.15) is 0 Å². The van der Waals surface area contributed by atoms with Gasteiger partial charge in [0.2, 0.25) is 0 Å². The van der Waals surface area contributed by atoms with Crippen LogP contribution in [0, 0.1) is 11.8 Å². The van der Waals surface area contributed by atoms with Gasteiger partial charge in [-0.3, -0.25) is 0 Å². The van der Waals surface area contributed by atoms with Gasteiger partial charge in [0.1, 0.15) is 0 Å². The molecule has 0 N–H and O–H groups in total. The number of nitrogens with zero attached hydrogens (tertiary/aromatic N) is 2. The molecule has 0 spiro atoms. The summed E-state index contributed by atoms with van der Waals surface area (Å²) in [6.45, 7) is 11.4. The van der Waals surface area contributed by atoms with Gasteiger partial charge in [0.15, 0.2) is 0 Å². The molecule has 0 radical (unpaired) electrons. The number of hydrogen-bond donors (Lipinski definition) is 0. The molecule has 8 rings (SSSR count). The van der Waals surface area contributed by atoms with Crippen molar-refractivity contribution in [3.8, 4) is 11.1 Å². The molecule has 2 aliphatic rings. The molecule has 4 heteroatoms. The Kier molecular flexibility index (Phi) is 14.0. The Morgan fingerprint density at radius 3 is 1.18 bits per heavy atom. The van der Waals surface area contributed by atoms with Crippen LogP contribution in [0.5, 0.6) is 0 Å². The highest BCUT2D eigenvalue weighted by molar-refractivity contribution is 8.00. The number of hydrogen-bond acceptors (Lipinski definition) is 4.